The van der Waals surface area contributed by atoms with Crippen LogP contribution in [0.1, 0.15) is 53.3 Å². The molecule has 0 radical (unpaired) electrons. The van der Waals surface area contributed by atoms with Gasteiger partial charge in [0.2, 0.25) is 0 Å². The molecule has 170 valence electrons. The number of amides is 1. The fraction of sp³-hybridized carbons (Fsp3) is 0.524. The van der Waals surface area contributed by atoms with Crippen LogP contribution in [0.15, 0.2) is 33.6 Å². The highest BCUT2D eigenvalue weighted by molar-refractivity contribution is 5.95. The molecule has 31 heavy (non-hydrogen) atoms. The normalized spacial score (nSPS) is 19.1. The number of carbonyl (C=O) groups excluding carboxylic acids is 1. The van der Waals surface area contributed by atoms with E-state index in [4.69, 9.17) is 4.42 Å². The Morgan fingerprint density at radius 1 is 1.26 bits per heavy atom. The molecule has 2 N–H and O–H groups in total. The van der Waals surface area contributed by atoms with E-state index in [1.54, 1.807) is 6.20 Å². The molecule has 2 fully saturated rings. The van der Waals surface area contributed by atoms with Crippen LogP contribution in [-0.4, -0.2) is 48.3 Å². The third-order valence-electron chi connectivity index (χ3n) is 5.81. The van der Waals surface area contributed by atoms with E-state index in [2.05, 4.69) is 25.7 Å². The summed E-state index contributed by atoms with van der Waals surface area (Å²) in [4.78, 5) is 27.5. The zero-order chi connectivity index (χ0) is 20.2. The minimum atomic E-state index is -0.542. The van der Waals surface area contributed by atoms with Gasteiger partial charge < -0.3 is 20.0 Å². The molecule has 8 nitrogen and oxygen atoms in total. The summed E-state index contributed by atoms with van der Waals surface area (Å²) in [5, 5.41) is 14.4. The maximum absolute atomic E-state index is 12.8. The van der Waals surface area contributed by atoms with Crippen LogP contribution in [0.5, 0.6) is 0 Å². The molecule has 0 aliphatic carbocycles. The molecule has 1 atom stereocenters. The standard InChI is InChI=1S/C21H27N5O3.2ClH/c1-14-12-17(15-4-2-8-22-13-15)29-21(28)19(14)20(27)24-16-6-10-26(11-7-16)18-5-3-9-23-25-18;;/h3,5,9,12,15-16,22H,2,4,6-8,10-11,13H2,1H3,(H,24,27);2*1H. The van der Waals surface area contributed by atoms with E-state index in [-0.39, 0.29) is 48.2 Å². The number of nitrogens with zero attached hydrogens (tertiary/aromatic N) is 3. The average molecular weight is 470 g/mol. The minimum Gasteiger partial charge on any atom is -0.427 e. The zero-order valence-corrected chi connectivity index (χ0v) is 19.1. The van der Waals surface area contributed by atoms with Crippen molar-refractivity contribution in [2.24, 2.45) is 0 Å². The van der Waals surface area contributed by atoms with Gasteiger partial charge in [0, 0.05) is 37.8 Å². The van der Waals surface area contributed by atoms with Gasteiger partial charge in [-0.25, -0.2) is 4.79 Å². The summed E-state index contributed by atoms with van der Waals surface area (Å²) < 4.78 is 5.53. The Balaban J connectivity index is 0.00000171. The number of rotatable bonds is 4. The lowest BCUT2D eigenvalue weighted by Gasteiger charge is -2.32. The number of nitrogens with one attached hydrogen (secondary N) is 2. The van der Waals surface area contributed by atoms with Crippen LogP contribution >= 0.6 is 24.8 Å². The molecule has 2 saturated heterocycles. The van der Waals surface area contributed by atoms with Crippen molar-refractivity contribution in [3.8, 4) is 0 Å². The van der Waals surface area contributed by atoms with Crippen molar-refractivity contribution < 1.29 is 9.21 Å². The van der Waals surface area contributed by atoms with Crippen molar-refractivity contribution in [3.63, 3.8) is 0 Å². The first-order valence-electron chi connectivity index (χ1n) is 10.3. The molecular weight excluding hydrogens is 441 g/mol. The van der Waals surface area contributed by atoms with Crippen LogP contribution in [-0.2, 0) is 0 Å². The lowest BCUT2D eigenvalue weighted by atomic mass is 9.95. The second kappa shape index (κ2) is 11.5. The number of halogens is 2. The van der Waals surface area contributed by atoms with Crippen LogP contribution in [0.3, 0.4) is 0 Å². The van der Waals surface area contributed by atoms with Gasteiger partial charge in [0.05, 0.1) is 0 Å². The van der Waals surface area contributed by atoms with Gasteiger partial charge >= 0.3 is 5.63 Å². The number of anilines is 1. The van der Waals surface area contributed by atoms with Crippen molar-refractivity contribution in [1.82, 2.24) is 20.8 Å². The van der Waals surface area contributed by atoms with Gasteiger partial charge in [0.1, 0.15) is 11.3 Å². The Labute approximate surface area is 194 Å². The molecule has 2 aromatic rings. The quantitative estimate of drug-likeness (QED) is 0.708. The summed E-state index contributed by atoms with van der Waals surface area (Å²) in [6, 6.07) is 5.68. The predicted molar refractivity (Wildman–Crippen MR) is 124 cm³/mol. The molecule has 4 rings (SSSR count). The first-order valence-corrected chi connectivity index (χ1v) is 10.3. The average Bonchev–Trinajstić information content (AvgIpc) is 2.75. The maximum atomic E-state index is 12.8. The van der Waals surface area contributed by atoms with Gasteiger partial charge in [-0.05, 0) is 62.9 Å². The molecule has 4 heterocycles. The van der Waals surface area contributed by atoms with Crippen LogP contribution in [0.4, 0.5) is 5.82 Å². The predicted octanol–water partition coefficient (Wildman–Crippen LogP) is 2.45. The van der Waals surface area contributed by atoms with Crippen molar-refractivity contribution in [2.45, 2.75) is 44.6 Å². The Bertz CT molecular complexity index is 911. The summed E-state index contributed by atoms with van der Waals surface area (Å²) in [7, 11) is 0. The summed E-state index contributed by atoms with van der Waals surface area (Å²) in [6.07, 6.45) is 5.28. The van der Waals surface area contributed by atoms with E-state index in [0.29, 0.717) is 11.3 Å². The Hall–Kier alpha value is -2.16. The highest BCUT2D eigenvalue weighted by Crippen LogP contribution is 2.24. The first-order chi connectivity index (χ1) is 14.1. The zero-order valence-electron chi connectivity index (χ0n) is 17.5. The summed E-state index contributed by atoms with van der Waals surface area (Å²) >= 11 is 0. The minimum absolute atomic E-state index is 0. The molecule has 2 aliphatic heterocycles. The number of aromatic nitrogens is 2. The maximum Gasteiger partial charge on any atom is 0.349 e. The topological polar surface area (TPSA) is 100 Å². The lowest BCUT2D eigenvalue weighted by Crippen LogP contribution is -2.46. The fourth-order valence-electron chi connectivity index (χ4n) is 4.17. The van der Waals surface area contributed by atoms with Crippen molar-refractivity contribution in [3.05, 3.63) is 51.7 Å². The van der Waals surface area contributed by atoms with Crippen LogP contribution in [0.2, 0.25) is 0 Å². The molecule has 0 aromatic carbocycles. The van der Waals surface area contributed by atoms with E-state index in [1.807, 2.05) is 25.1 Å². The van der Waals surface area contributed by atoms with Gasteiger partial charge in [0.25, 0.3) is 5.91 Å². The van der Waals surface area contributed by atoms with Crippen molar-refractivity contribution in [2.75, 3.05) is 31.1 Å². The number of piperidine rings is 2. The SMILES string of the molecule is Cc1cc(C2CCCNC2)oc(=O)c1C(=O)NC1CCN(c2cccnn2)CC1.Cl.Cl. The third-order valence-corrected chi connectivity index (χ3v) is 5.81. The van der Waals surface area contributed by atoms with Crippen LogP contribution in [0.25, 0.3) is 0 Å². The molecule has 1 amide bonds. The molecule has 10 heteroatoms. The second-order valence-electron chi connectivity index (χ2n) is 7.85. The number of hydrogen-bond donors (Lipinski definition) is 2. The van der Waals surface area contributed by atoms with E-state index < -0.39 is 5.63 Å². The van der Waals surface area contributed by atoms with E-state index in [0.717, 1.165) is 57.7 Å². The second-order valence-corrected chi connectivity index (χ2v) is 7.85. The van der Waals surface area contributed by atoms with Crippen molar-refractivity contribution in [1.29, 1.82) is 0 Å². The Morgan fingerprint density at radius 2 is 2.03 bits per heavy atom. The number of aryl methyl sites for hydroxylation is 1. The Morgan fingerprint density at radius 3 is 2.65 bits per heavy atom. The van der Waals surface area contributed by atoms with Crippen LogP contribution < -0.4 is 21.2 Å². The number of carbonyl (C=O) groups is 1. The first kappa shape index (κ1) is 25.1. The fourth-order valence-corrected chi connectivity index (χ4v) is 4.17. The van der Waals surface area contributed by atoms with Gasteiger partial charge in [-0.2, -0.15) is 5.10 Å². The smallest absolute Gasteiger partial charge is 0.349 e. The van der Waals surface area contributed by atoms with Gasteiger partial charge in [-0.15, -0.1) is 29.9 Å². The summed E-state index contributed by atoms with van der Waals surface area (Å²) in [5.74, 6) is 1.37. The molecule has 0 bridgehead atoms. The van der Waals surface area contributed by atoms with Gasteiger partial charge in [-0.3, -0.25) is 4.79 Å². The van der Waals surface area contributed by atoms with E-state index in [9.17, 15) is 9.59 Å². The summed E-state index contributed by atoms with van der Waals surface area (Å²) in [5.41, 5.74) is 0.255. The monoisotopic (exact) mass is 469 g/mol. The third kappa shape index (κ3) is 5.96. The highest BCUT2D eigenvalue weighted by atomic mass is 35.5. The molecule has 2 aromatic heterocycles. The lowest BCUT2D eigenvalue weighted by molar-refractivity contribution is 0.0925. The molecule has 0 saturated carbocycles. The van der Waals surface area contributed by atoms with Gasteiger partial charge in [0.15, 0.2) is 5.82 Å². The largest absolute Gasteiger partial charge is 0.427 e. The summed E-state index contributed by atoms with van der Waals surface area (Å²) in [6.45, 7) is 5.17. The molecule has 2 aliphatic rings. The van der Waals surface area contributed by atoms with Crippen molar-refractivity contribution >= 4 is 36.5 Å². The number of hydrogen-bond acceptors (Lipinski definition) is 7. The molecule has 0 spiro atoms. The highest BCUT2D eigenvalue weighted by Gasteiger charge is 2.26. The van der Waals surface area contributed by atoms with Gasteiger partial charge in [-0.1, -0.05) is 0 Å². The van der Waals surface area contributed by atoms with E-state index >= 15 is 0 Å². The molecular formula is C21H29Cl2N5O3. The Kier molecular flexibility index (Phi) is 9.28. The molecule has 1 unspecified atom stereocenters. The van der Waals surface area contributed by atoms with Crippen LogP contribution in [0, 0.1) is 6.92 Å². The van der Waals surface area contributed by atoms with E-state index in [1.165, 1.54) is 0 Å².